The zero-order valence-corrected chi connectivity index (χ0v) is 11.9. The van der Waals surface area contributed by atoms with Crippen LogP contribution in [0.4, 0.5) is 4.79 Å². The van der Waals surface area contributed by atoms with Gasteiger partial charge in [-0.3, -0.25) is 14.9 Å². The first-order valence-corrected chi connectivity index (χ1v) is 6.47. The van der Waals surface area contributed by atoms with Gasteiger partial charge < -0.3 is 30.5 Å². The number of hydrogen-bond donors (Lipinski definition) is 5. The summed E-state index contributed by atoms with van der Waals surface area (Å²) in [7, 11) is 0. The van der Waals surface area contributed by atoms with Crippen molar-refractivity contribution < 1.29 is 38.6 Å². The number of esters is 2. The molecule has 2 aliphatic heterocycles. The number of rotatable bonds is 5. The van der Waals surface area contributed by atoms with Gasteiger partial charge >= 0.3 is 18.0 Å². The fourth-order valence-corrected chi connectivity index (χ4v) is 1.62. The molecule has 0 saturated carbocycles. The fourth-order valence-electron chi connectivity index (χ4n) is 1.62. The number of urea groups is 1. The summed E-state index contributed by atoms with van der Waals surface area (Å²) in [6.07, 6.45) is 0.964. The van der Waals surface area contributed by atoms with Gasteiger partial charge in [-0.05, 0) is 0 Å². The van der Waals surface area contributed by atoms with Crippen molar-refractivity contribution in [3.05, 3.63) is 24.1 Å². The summed E-state index contributed by atoms with van der Waals surface area (Å²) in [5.41, 5.74) is -0.171. The van der Waals surface area contributed by atoms with Crippen LogP contribution in [0.15, 0.2) is 24.1 Å². The van der Waals surface area contributed by atoms with E-state index in [2.05, 4.69) is 25.4 Å². The fraction of sp³-hybridized carbons (Fsp3) is 0.250. The molecule has 2 aliphatic rings. The number of aliphatic hydroxyl groups excluding tert-OH is 1. The number of nitrogens with one attached hydrogen (secondary N) is 4. The molecule has 4 amide bonds. The average molecular weight is 340 g/mol. The molecule has 0 aromatic carbocycles. The first-order valence-electron chi connectivity index (χ1n) is 6.47. The second-order valence-corrected chi connectivity index (χ2v) is 4.47. The highest BCUT2D eigenvalue weighted by atomic mass is 16.5. The van der Waals surface area contributed by atoms with Gasteiger partial charge in [0.25, 0.3) is 11.8 Å². The zero-order valence-electron chi connectivity index (χ0n) is 11.9. The van der Waals surface area contributed by atoms with Crippen molar-refractivity contribution in [2.75, 3.05) is 6.61 Å². The number of aliphatic hydroxyl groups is 1. The molecule has 0 aliphatic carbocycles. The van der Waals surface area contributed by atoms with E-state index in [9.17, 15) is 24.0 Å². The van der Waals surface area contributed by atoms with Crippen LogP contribution in [0.3, 0.4) is 0 Å². The lowest BCUT2D eigenvalue weighted by atomic mass is 10.3. The number of amides is 4. The first-order chi connectivity index (χ1) is 11.3. The van der Waals surface area contributed by atoms with Crippen molar-refractivity contribution in [1.82, 2.24) is 21.3 Å². The molecule has 128 valence electrons. The van der Waals surface area contributed by atoms with E-state index in [4.69, 9.17) is 5.11 Å². The van der Waals surface area contributed by atoms with Crippen LogP contribution in [0.5, 0.6) is 0 Å². The number of carbonyl (C=O) groups excluding carboxylic acids is 5. The lowest BCUT2D eigenvalue weighted by Gasteiger charge is -2.06. The van der Waals surface area contributed by atoms with Crippen LogP contribution in [-0.4, -0.2) is 53.9 Å². The Hall–Kier alpha value is -3.41. The van der Waals surface area contributed by atoms with Gasteiger partial charge in [0.1, 0.15) is 24.6 Å². The highest BCUT2D eigenvalue weighted by Crippen LogP contribution is 2.00. The molecular weight excluding hydrogens is 328 g/mol. The Morgan fingerprint density at radius 3 is 2.38 bits per heavy atom. The molecule has 2 saturated heterocycles. The molecule has 2 rings (SSSR count). The molecule has 0 aromatic heterocycles. The normalized spacial score (nSPS) is 24.4. The van der Waals surface area contributed by atoms with Gasteiger partial charge in [0, 0.05) is 12.2 Å². The Kier molecular flexibility index (Phi) is 5.11. The summed E-state index contributed by atoms with van der Waals surface area (Å²) in [6.45, 7) is -0.401. The average Bonchev–Trinajstić information content (AvgIpc) is 3.01. The van der Waals surface area contributed by atoms with Gasteiger partial charge in [-0.2, -0.15) is 0 Å². The largest absolute Gasteiger partial charge is 0.460 e. The molecule has 2 heterocycles. The summed E-state index contributed by atoms with van der Waals surface area (Å²) < 4.78 is 9.22. The van der Waals surface area contributed by atoms with Gasteiger partial charge in [0.15, 0.2) is 0 Å². The number of carbonyl (C=O) groups is 5. The summed E-state index contributed by atoms with van der Waals surface area (Å²) in [6, 6.07) is -1.69. The second kappa shape index (κ2) is 7.23. The summed E-state index contributed by atoms with van der Waals surface area (Å²) in [4.78, 5) is 55.9. The lowest BCUT2D eigenvalue weighted by molar-refractivity contribution is -0.140. The number of imide groups is 1. The quantitative estimate of drug-likeness (QED) is 0.148. The van der Waals surface area contributed by atoms with Crippen LogP contribution in [0.25, 0.3) is 0 Å². The van der Waals surface area contributed by atoms with E-state index in [-0.39, 0.29) is 5.70 Å². The highest BCUT2D eigenvalue weighted by Gasteiger charge is 2.30. The molecule has 0 aromatic rings. The predicted molar refractivity (Wildman–Crippen MR) is 72.0 cm³/mol. The van der Waals surface area contributed by atoms with Gasteiger partial charge in [0.2, 0.25) is 6.35 Å². The molecular formula is C12H12N4O8. The van der Waals surface area contributed by atoms with Gasteiger partial charge in [0.05, 0.1) is 0 Å². The van der Waals surface area contributed by atoms with Crippen molar-refractivity contribution in [2.45, 2.75) is 12.4 Å². The molecule has 5 N–H and O–H groups in total. The molecule has 2 fully saturated rings. The molecule has 24 heavy (non-hydrogen) atoms. The molecule has 2 atom stereocenters. The van der Waals surface area contributed by atoms with Crippen LogP contribution in [0.1, 0.15) is 0 Å². The van der Waals surface area contributed by atoms with E-state index in [1.165, 1.54) is 0 Å². The van der Waals surface area contributed by atoms with Crippen molar-refractivity contribution in [2.24, 2.45) is 0 Å². The maximum atomic E-state index is 11.4. The molecule has 0 bridgehead atoms. The van der Waals surface area contributed by atoms with Crippen molar-refractivity contribution >= 4 is 29.8 Å². The Morgan fingerprint density at radius 1 is 1.08 bits per heavy atom. The van der Waals surface area contributed by atoms with Crippen molar-refractivity contribution in [3.8, 4) is 0 Å². The summed E-state index contributed by atoms with van der Waals surface area (Å²) >= 11 is 0. The Morgan fingerprint density at radius 2 is 1.79 bits per heavy atom. The maximum absolute atomic E-state index is 11.4. The minimum absolute atomic E-state index is 0.171. The standard InChI is InChI=1S/C12H12N4O8/c17-7(23-3-5-9(19)15-11(21)13-5)1-2-8(18)24-4-6-10(20)16-12(22)14-6/h1-3,6,11,13,21H,4H2,(H,15,19)(H2,14,16,20,22)/b2-1+,5-3-/t6-,11?/m0/s1. The molecule has 12 heteroatoms. The zero-order chi connectivity index (χ0) is 17.7. The minimum Gasteiger partial charge on any atom is -0.460 e. The van der Waals surface area contributed by atoms with Crippen LogP contribution < -0.4 is 21.3 Å². The third-order valence-corrected chi connectivity index (χ3v) is 2.70. The minimum atomic E-state index is -1.28. The molecule has 1 unspecified atom stereocenters. The number of ether oxygens (including phenoxy) is 2. The first kappa shape index (κ1) is 17.0. The van der Waals surface area contributed by atoms with E-state index in [0.29, 0.717) is 0 Å². The van der Waals surface area contributed by atoms with E-state index in [1.807, 2.05) is 5.32 Å². The van der Waals surface area contributed by atoms with Crippen LogP contribution in [-0.2, 0) is 28.7 Å². The summed E-state index contributed by atoms with van der Waals surface area (Å²) in [5.74, 6) is -3.23. The lowest BCUT2D eigenvalue weighted by Crippen LogP contribution is -2.34. The van der Waals surface area contributed by atoms with Crippen molar-refractivity contribution in [1.29, 1.82) is 0 Å². The maximum Gasteiger partial charge on any atom is 0.335 e. The topological polar surface area (TPSA) is 172 Å². The smallest absolute Gasteiger partial charge is 0.335 e. The SMILES string of the molecule is O=C1NC(=O)[C@H](COC(=O)/C=C/C(=O)O/C=C2\NC(O)NC2=O)N1. The monoisotopic (exact) mass is 340 g/mol. The number of hydrogen-bond acceptors (Lipinski definition) is 9. The predicted octanol–water partition coefficient (Wildman–Crippen LogP) is -3.33. The van der Waals surface area contributed by atoms with E-state index < -0.39 is 48.8 Å². The van der Waals surface area contributed by atoms with Crippen molar-refractivity contribution in [3.63, 3.8) is 0 Å². The van der Waals surface area contributed by atoms with E-state index in [0.717, 1.165) is 18.4 Å². The summed E-state index contributed by atoms with van der Waals surface area (Å²) in [5, 5.41) is 17.6. The highest BCUT2D eigenvalue weighted by molar-refractivity contribution is 6.04. The second-order valence-electron chi connectivity index (χ2n) is 4.47. The van der Waals surface area contributed by atoms with Crippen LogP contribution in [0.2, 0.25) is 0 Å². The van der Waals surface area contributed by atoms with E-state index >= 15 is 0 Å². The Labute approximate surface area is 133 Å². The van der Waals surface area contributed by atoms with Gasteiger partial charge in [-0.25, -0.2) is 14.4 Å². The van der Waals surface area contributed by atoms with Gasteiger partial charge in [-0.15, -0.1) is 0 Å². The molecule has 12 nitrogen and oxygen atoms in total. The molecule has 0 radical (unpaired) electrons. The third kappa shape index (κ3) is 4.54. The van der Waals surface area contributed by atoms with Crippen LogP contribution in [0, 0.1) is 0 Å². The van der Waals surface area contributed by atoms with Crippen LogP contribution >= 0.6 is 0 Å². The van der Waals surface area contributed by atoms with E-state index in [1.54, 1.807) is 0 Å². The Bertz CT molecular complexity index is 655. The molecule has 0 spiro atoms. The van der Waals surface area contributed by atoms with Gasteiger partial charge in [-0.1, -0.05) is 0 Å². The third-order valence-electron chi connectivity index (χ3n) is 2.70. The Balaban J connectivity index is 1.74.